The molecule has 78 valence electrons. The third-order valence-corrected chi connectivity index (χ3v) is 2.89. The molecule has 0 aromatic carbocycles. The van der Waals surface area contributed by atoms with Crippen LogP contribution in [0.15, 0.2) is 29.9 Å². The van der Waals surface area contributed by atoms with Crippen LogP contribution in [0.4, 0.5) is 0 Å². The average Bonchev–Trinajstić information content (AvgIpc) is 2.85. The van der Waals surface area contributed by atoms with Crippen molar-refractivity contribution in [3.8, 4) is 10.7 Å². The maximum absolute atomic E-state index is 10.5. The van der Waals surface area contributed by atoms with Gasteiger partial charge in [-0.05, 0) is 11.4 Å². The summed E-state index contributed by atoms with van der Waals surface area (Å²) >= 11 is 1.60. The van der Waals surface area contributed by atoms with Crippen molar-refractivity contribution >= 4 is 17.3 Å². The smallest absolute Gasteiger partial charge is 0.305 e. The first-order valence-corrected chi connectivity index (χ1v) is 5.42. The SMILES string of the molecule is O=C(O)CCn1ccnc1-c1cccs1. The van der Waals surface area contributed by atoms with E-state index < -0.39 is 5.97 Å². The Balaban J connectivity index is 2.19. The summed E-state index contributed by atoms with van der Waals surface area (Å²) in [6.45, 7) is 0.461. The lowest BCUT2D eigenvalue weighted by Crippen LogP contribution is -2.04. The number of hydrogen-bond donors (Lipinski definition) is 1. The number of carboxylic acid groups (broad SMARTS) is 1. The molecule has 0 saturated heterocycles. The molecular formula is C10H10N2O2S. The fraction of sp³-hybridized carbons (Fsp3) is 0.200. The van der Waals surface area contributed by atoms with Crippen LogP contribution < -0.4 is 0 Å². The minimum atomic E-state index is -0.791. The lowest BCUT2D eigenvalue weighted by atomic mass is 10.4. The highest BCUT2D eigenvalue weighted by Gasteiger charge is 2.07. The molecule has 2 aromatic rings. The van der Waals surface area contributed by atoms with Crippen LogP contribution in [0.5, 0.6) is 0 Å². The molecule has 4 nitrogen and oxygen atoms in total. The molecule has 0 spiro atoms. The van der Waals surface area contributed by atoms with Gasteiger partial charge < -0.3 is 9.67 Å². The maximum Gasteiger partial charge on any atom is 0.305 e. The fourth-order valence-corrected chi connectivity index (χ4v) is 2.07. The number of imidazole rings is 1. The first kappa shape index (κ1) is 9.92. The Labute approximate surface area is 90.8 Å². The highest BCUT2D eigenvalue weighted by molar-refractivity contribution is 7.13. The zero-order valence-corrected chi connectivity index (χ0v) is 8.78. The average molecular weight is 222 g/mol. The van der Waals surface area contributed by atoms with Crippen molar-refractivity contribution in [3.63, 3.8) is 0 Å². The van der Waals surface area contributed by atoms with Crippen molar-refractivity contribution in [2.75, 3.05) is 0 Å². The van der Waals surface area contributed by atoms with E-state index in [1.165, 1.54) is 0 Å². The van der Waals surface area contributed by atoms with Gasteiger partial charge in [-0.3, -0.25) is 4.79 Å². The van der Waals surface area contributed by atoms with Crippen molar-refractivity contribution in [2.45, 2.75) is 13.0 Å². The van der Waals surface area contributed by atoms with Crippen molar-refractivity contribution in [1.29, 1.82) is 0 Å². The van der Waals surface area contributed by atoms with Crippen LogP contribution in [0, 0.1) is 0 Å². The van der Waals surface area contributed by atoms with E-state index >= 15 is 0 Å². The quantitative estimate of drug-likeness (QED) is 0.861. The molecule has 1 N–H and O–H groups in total. The molecule has 0 radical (unpaired) electrons. The predicted octanol–water partition coefficient (Wildman–Crippen LogP) is 2.09. The molecule has 2 rings (SSSR count). The van der Waals surface area contributed by atoms with Gasteiger partial charge in [0.1, 0.15) is 5.82 Å². The topological polar surface area (TPSA) is 55.1 Å². The van der Waals surface area contributed by atoms with Gasteiger partial charge in [-0.1, -0.05) is 6.07 Å². The minimum Gasteiger partial charge on any atom is -0.481 e. The Morgan fingerprint density at radius 1 is 1.60 bits per heavy atom. The second-order valence-electron chi connectivity index (χ2n) is 3.07. The van der Waals surface area contributed by atoms with Gasteiger partial charge >= 0.3 is 5.97 Å². The molecule has 0 amide bonds. The third-order valence-electron chi connectivity index (χ3n) is 2.02. The summed E-state index contributed by atoms with van der Waals surface area (Å²) in [6, 6.07) is 3.93. The van der Waals surface area contributed by atoms with E-state index in [-0.39, 0.29) is 6.42 Å². The van der Waals surface area contributed by atoms with E-state index in [0.717, 1.165) is 10.7 Å². The van der Waals surface area contributed by atoms with E-state index in [2.05, 4.69) is 4.98 Å². The summed E-state index contributed by atoms with van der Waals surface area (Å²) in [5, 5.41) is 10.6. The zero-order valence-electron chi connectivity index (χ0n) is 7.96. The number of rotatable bonds is 4. The summed E-state index contributed by atoms with van der Waals surface area (Å²) < 4.78 is 1.86. The molecular weight excluding hydrogens is 212 g/mol. The van der Waals surface area contributed by atoms with Crippen LogP contribution in [-0.2, 0) is 11.3 Å². The summed E-state index contributed by atoms with van der Waals surface area (Å²) in [7, 11) is 0. The van der Waals surface area contributed by atoms with E-state index in [0.29, 0.717) is 6.54 Å². The summed E-state index contributed by atoms with van der Waals surface area (Å²) in [5.41, 5.74) is 0. The zero-order chi connectivity index (χ0) is 10.7. The highest BCUT2D eigenvalue weighted by Crippen LogP contribution is 2.22. The van der Waals surface area contributed by atoms with Crippen molar-refractivity contribution in [1.82, 2.24) is 9.55 Å². The fourth-order valence-electron chi connectivity index (χ4n) is 1.34. The summed E-state index contributed by atoms with van der Waals surface area (Å²) in [6.07, 6.45) is 3.61. The Kier molecular flexibility index (Phi) is 2.82. The number of hydrogen-bond acceptors (Lipinski definition) is 3. The lowest BCUT2D eigenvalue weighted by Gasteiger charge is -2.03. The van der Waals surface area contributed by atoms with Gasteiger partial charge in [-0.2, -0.15) is 0 Å². The molecule has 0 saturated carbocycles. The van der Waals surface area contributed by atoms with Crippen molar-refractivity contribution in [2.24, 2.45) is 0 Å². The van der Waals surface area contributed by atoms with Crippen molar-refractivity contribution in [3.05, 3.63) is 29.9 Å². The van der Waals surface area contributed by atoms with Gasteiger partial charge in [0.15, 0.2) is 0 Å². The number of aryl methyl sites for hydroxylation is 1. The lowest BCUT2D eigenvalue weighted by molar-refractivity contribution is -0.137. The van der Waals surface area contributed by atoms with Crippen LogP contribution in [0.2, 0.25) is 0 Å². The Hall–Kier alpha value is -1.62. The number of carbonyl (C=O) groups is 1. The Morgan fingerprint density at radius 3 is 3.13 bits per heavy atom. The molecule has 0 atom stereocenters. The first-order valence-electron chi connectivity index (χ1n) is 4.54. The molecule has 0 aliphatic carbocycles. The molecule has 15 heavy (non-hydrogen) atoms. The van der Waals surface area contributed by atoms with Gasteiger partial charge in [-0.25, -0.2) is 4.98 Å². The number of aromatic nitrogens is 2. The van der Waals surface area contributed by atoms with Crippen LogP contribution in [0.25, 0.3) is 10.7 Å². The monoisotopic (exact) mass is 222 g/mol. The summed E-state index contributed by atoms with van der Waals surface area (Å²) in [4.78, 5) is 15.7. The summed E-state index contributed by atoms with van der Waals surface area (Å²) in [5.74, 6) is 0.0482. The molecule has 2 heterocycles. The largest absolute Gasteiger partial charge is 0.481 e. The van der Waals surface area contributed by atoms with E-state index in [1.54, 1.807) is 23.7 Å². The molecule has 0 bridgehead atoms. The van der Waals surface area contributed by atoms with Crippen LogP contribution >= 0.6 is 11.3 Å². The minimum absolute atomic E-state index is 0.120. The first-order chi connectivity index (χ1) is 7.27. The van der Waals surface area contributed by atoms with Crippen LogP contribution in [-0.4, -0.2) is 20.6 Å². The standard InChI is InChI=1S/C10H10N2O2S/c13-9(14)3-5-12-6-4-11-10(12)8-2-1-7-15-8/h1-2,4,6-7H,3,5H2,(H,13,14). The maximum atomic E-state index is 10.5. The van der Waals surface area contributed by atoms with Crippen LogP contribution in [0.3, 0.4) is 0 Å². The number of nitrogens with zero attached hydrogens (tertiary/aromatic N) is 2. The Bertz CT molecular complexity index is 448. The predicted molar refractivity (Wildman–Crippen MR) is 57.8 cm³/mol. The molecule has 0 aliphatic rings. The third kappa shape index (κ3) is 2.24. The van der Waals surface area contributed by atoms with Gasteiger partial charge in [0, 0.05) is 18.9 Å². The van der Waals surface area contributed by atoms with Gasteiger partial charge in [0.05, 0.1) is 11.3 Å². The van der Waals surface area contributed by atoms with Gasteiger partial charge in [0.2, 0.25) is 0 Å². The van der Waals surface area contributed by atoms with E-state index in [9.17, 15) is 4.79 Å². The van der Waals surface area contributed by atoms with Gasteiger partial charge in [0.25, 0.3) is 0 Å². The Morgan fingerprint density at radius 2 is 2.47 bits per heavy atom. The van der Waals surface area contributed by atoms with Crippen molar-refractivity contribution < 1.29 is 9.90 Å². The second kappa shape index (κ2) is 4.27. The number of thiophene rings is 1. The molecule has 0 aliphatic heterocycles. The second-order valence-corrected chi connectivity index (χ2v) is 4.01. The van der Waals surface area contributed by atoms with Crippen LogP contribution in [0.1, 0.15) is 6.42 Å². The number of aliphatic carboxylic acids is 1. The molecule has 0 fully saturated rings. The van der Waals surface area contributed by atoms with E-state index in [4.69, 9.17) is 5.11 Å². The molecule has 5 heteroatoms. The molecule has 0 unspecified atom stereocenters. The van der Waals surface area contributed by atoms with Gasteiger partial charge in [-0.15, -0.1) is 11.3 Å². The van der Waals surface area contributed by atoms with E-state index in [1.807, 2.05) is 22.1 Å². The molecule has 2 aromatic heterocycles. The number of carboxylic acids is 1. The normalized spacial score (nSPS) is 10.4. The highest BCUT2D eigenvalue weighted by atomic mass is 32.1.